The molecule has 0 fully saturated rings. The molecule has 0 amide bonds. The van der Waals surface area contributed by atoms with Crippen molar-refractivity contribution in [3.8, 4) is 0 Å². The van der Waals surface area contributed by atoms with E-state index in [0.29, 0.717) is 6.42 Å². The molecule has 0 spiro atoms. The summed E-state index contributed by atoms with van der Waals surface area (Å²) in [5, 5.41) is 8.69. The average Bonchev–Trinajstić information content (AvgIpc) is 2.27. The van der Waals surface area contributed by atoms with Gasteiger partial charge in [0.2, 0.25) is 0 Å². The summed E-state index contributed by atoms with van der Waals surface area (Å²) in [5.41, 5.74) is 0.727. The van der Waals surface area contributed by atoms with Crippen molar-refractivity contribution in [3.63, 3.8) is 0 Å². The molecule has 0 heterocycles. The molecule has 4 heteroatoms. The zero-order valence-corrected chi connectivity index (χ0v) is 11.0. The molecule has 90 valence electrons. The minimum atomic E-state index is -0.154. The molecule has 0 aromatic heterocycles. The fraction of sp³-hybridized carbons (Fsp3) is 0.500. The van der Waals surface area contributed by atoms with Crippen LogP contribution in [0.1, 0.15) is 12.0 Å². The predicted molar refractivity (Wildman–Crippen MR) is 67.0 cm³/mol. The van der Waals surface area contributed by atoms with Gasteiger partial charge in [0.15, 0.2) is 0 Å². The Bertz CT molecular complexity index is 333. The van der Waals surface area contributed by atoms with Crippen LogP contribution in [0.25, 0.3) is 0 Å². The van der Waals surface area contributed by atoms with Gasteiger partial charge in [-0.25, -0.2) is 4.39 Å². The van der Waals surface area contributed by atoms with Crippen molar-refractivity contribution in [2.45, 2.75) is 12.8 Å². The summed E-state index contributed by atoms with van der Waals surface area (Å²) in [7, 11) is 1.98. The fourth-order valence-electron chi connectivity index (χ4n) is 1.50. The van der Waals surface area contributed by atoms with Gasteiger partial charge < -0.3 is 10.0 Å². The molecule has 16 heavy (non-hydrogen) atoms. The Kier molecular flexibility index (Phi) is 5.95. The van der Waals surface area contributed by atoms with Gasteiger partial charge in [-0.1, -0.05) is 15.9 Å². The second-order valence-corrected chi connectivity index (χ2v) is 4.78. The molecule has 1 aromatic carbocycles. The van der Waals surface area contributed by atoms with Crippen LogP contribution in [0.15, 0.2) is 22.7 Å². The minimum absolute atomic E-state index is 0.154. The lowest BCUT2D eigenvalue weighted by molar-refractivity contribution is 0.248. The summed E-state index contributed by atoms with van der Waals surface area (Å²) in [6.07, 6.45) is 1.45. The maximum absolute atomic E-state index is 13.4. The van der Waals surface area contributed by atoms with Gasteiger partial charge in [0.1, 0.15) is 5.82 Å². The van der Waals surface area contributed by atoms with Crippen LogP contribution in [-0.2, 0) is 6.42 Å². The predicted octanol–water partition coefficient (Wildman–Crippen LogP) is 2.44. The molecule has 0 saturated carbocycles. The van der Waals surface area contributed by atoms with Crippen molar-refractivity contribution in [1.82, 2.24) is 4.90 Å². The first-order valence-electron chi connectivity index (χ1n) is 5.37. The van der Waals surface area contributed by atoms with E-state index in [-0.39, 0.29) is 12.4 Å². The van der Waals surface area contributed by atoms with E-state index < -0.39 is 0 Å². The highest BCUT2D eigenvalue weighted by atomic mass is 79.9. The van der Waals surface area contributed by atoms with Crippen LogP contribution >= 0.6 is 15.9 Å². The van der Waals surface area contributed by atoms with Gasteiger partial charge in [-0.15, -0.1) is 0 Å². The van der Waals surface area contributed by atoms with Crippen LogP contribution in [0.4, 0.5) is 4.39 Å². The smallest absolute Gasteiger partial charge is 0.126 e. The third-order valence-electron chi connectivity index (χ3n) is 2.47. The topological polar surface area (TPSA) is 23.5 Å². The van der Waals surface area contributed by atoms with Crippen molar-refractivity contribution >= 4 is 15.9 Å². The summed E-state index contributed by atoms with van der Waals surface area (Å²) < 4.78 is 14.3. The third kappa shape index (κ3) is 4.60. The average molecular weight is 290 g/mol. The standard InChI is InChI=1S/C12H17BrFNO/c1-15(6-2-8-16)7-5-10-9-11(13)3-4-12(10)14/h3-4,9,16H,2,5-8H2,1H3. The normalized spacial score (nSPS) is 11.1. The van der Waals surface area contributed by atoms with Crippen LogP contribution in [0.3, 0.4) is 0 Å². The minimum Gasteiger partial charge on any atom is -0.396 e. The Morgan fingerprint density at radius 3 is 2.81 bits per heavy atom. The Labute approximate surface area is 104 Å². The Morgan fingerprint density at radius 2 is 2.12 bits per heavy atom. The fourth-order valence-corrected chi connectivity index (χ4v) is 1.91. The summed E-state index contributed by atoms with van der Waals surface area (Å²) in [5.74, 6) is -0.154. The first-order valence-corrected chi connectivity index (χ1v) is 6.16. The Morgan fingerprint density at radius 1 is 1.38 bits per heavy atom. The molecule has 0 saturated heterocycles. The number of hydrogen-bond acceptors (Lipinski definition) is 2. The number of hydrogen-bond donors (Lipinski definition) is 1. The van der Waals surface area contributed by atoms with Gasteiger partial charge in [0, 0.05) is 24.2 Å². The van der Waals surface area contributed by atoms with E-state index >= 15 is 0 Å². The number of rotatable bonds is 6. The highest BCUT2D eigenvalue weighted by Crippen LogP contribution is 2.16. The summed E-state index contributed by atoms with van der Waals surface area (Å²) in [4.78, 5) is 2.09. The van der Waals surface area contributed by atoms with Crippen LogP contribution in [-0.4, -0.2) is 36.8 Å². The molecule has 1 rings (SSSR count). The second-order valence-electron chi connectivity index (χ2n) is 3.87. The molecule has 1 aromatic rings. The van der Waals surface area contributed by atoms with E-state index in [2.05, 4.69) is 20.8 Å². The van der Waals surface area contributed by atoms with Gasteiger partial charge in [0.25, 0.3) is 0 Å². The molecule has 1 N–H and O–H groups in total. The van der Waals surface area contributed by atoms with E-state index in [1.165, 1.54) is 6.07 Å². The highest BCUT2D eigenvalue weighted by molar-refractivity contribution is 9.10. The Hall–Kier alpha value is -0.450. The van der Waals surface area contributed by atoms with E-state index in [1.54, 1.807) is 6.07 Å². The van der Waals surface area contributed by atoms with E-state index in [4.69, 9.17) is 5.11 Å². The SMILES string of the molecule is CN(CCCO)CCc1cc(Br)ccc1F. The highest BCUT2D eigenvalue weighted by Gasteiger charge is 2.04. The molecule has 2 nitrogen and oxygen atoms in total. The van der Waals surface area contributed by atoms with Crippen molar-refractivity contribution in [2.75, 3.05) is 26.7 Å². The summed E-state index contributed by atoms with van der Waals surface area (Å²) in [6.45, 7) is 1.84. The number of benzene rings is 1. The summed E-state index contributed by atoms with van der Waals surface area (Å²) in [6, 6.07) is 5.00. The number of likely N-dealkylation sites (N-methyl/N-ethyl adjacent to an activating group) is 1. The maximum atomic E-state index is 13.4. The van der Waals surface area contributed by atoms with Crippen molar-refractivity contribution in [2.24, 2.45) is 0 Å². The van der Waals surface area contributed by atoms with Crippen molar-refractivity contribution in [3.05, 3.63) is 34.1 Å². The zero-order chi connectivity index (χ0) is 12.0. The molecule has 0 bridgehead atoms. The van der Waals surface area contributed by atoms with Gasteiger partial charge >= 0.3 is 0 Å². The number of aliphatic hydroxyl groups excluding tert-OH is 1. The van der Waals surface area contributed by atoms with Crippen LogP contribution in [0, 0.1) is 5.82 Å². The number of aliphatic hydroxyl groups is 1. The quantitative estimate of drug-likeness (QED) is 0.870. The third-order valence-corrected chi connectivity index (χ3v) is 2.96. The Balaban J connectivity index is 2.44. The molecular weight excluding hydrogens is 273 g/mol. The van der Waals surface area contributed by atoms with E-state index in [0.717, 1.165) is 29.5 Å². The monoisotopic (exact) mass is 289 g/mol. The van der Waals surface area contributed by atoms with E-state index in [1.807, 2.05) is 13.1 Å². The molecule has 0 aliphatic carbocycles. The second kappa shape index (κ2) is 6.99. The first-order chi connectivity index (χ1) is 7.63. The first kappa shape index (κ1) is 13.6. The molecule has 0 unspecified atom stereocenters. The lowest BCUT2D eigenvalue weighted by Crippen LogP contribution is -2.23. The largest absolute Gasteiger partial charge is 0.396 e. The molecule has 0 radical (unpaired) electrons. The van der Waals surface area contributed by atoms with Crippen molar-refractivity contribution in [1.29, 1.82) is 0 Å². The molecular formula is C12H17BrFNO. The number of halogens is 2. The molecule has 0 aliphatic rings. The van der Waals surface area contributed by atoms with Crippen molar-refractivity contribution < 1.29 is 9.50 Å². The van der Waals surface area contributed by atoms with Crippen LogP contribution in [0.2, 0.25) is 0 Å². The van der Waals surface area contributed by atoms with Crippen LogP contribution < -0.4 is 0 Å². The van der Waals surface area contributed by atoms with Gasteiger partial charge in [-0.3, -0.25) is 0 Å². The van der Waals surface area contributed by atoms with E-state index in [9.17, 15) is 4.39 Å². The van der Waals surface area contributed by atoms with Gasteiger partial charge in [0.05, 0.1) is 0 Å². The molecule has 0 aliphatic heterocycles. The lowest BCUT2D eigenvalue weighted by atomic mass is 10.1. The van der Waals surface area contributed by atoms with Crippen LogP contribution in [0.5, 0.6) is 0 Å². The maximum Gasteiger partial charge on any atom is 0.126 e. The zero-order valence-electron chi connectivity index (χ0n) is 9.42. The lowest BCUT2D eigenvalue weighted by Gasteiger charge is -2.16. The van der Waals surface area contributed by atoms with Gasteiger partial charge in [-0.2, -0.15) is 0 Å². The van der Waals surface area contributed by atoms with Gasteiger partial charge in [-0.05, 0) is 43.7 Å². The molecule has 0 atom stereocenters. The summed E-state index contributed by atoms with van der Waals surface area (Å²) >= 11 is 3.33. The number of nitrogens with zero attached hydrogens (tertiary/aromatic N) is 1.